The maximum Gasteiger partial charge on any atom is 0.416 e. The molecule has 1 N–H and O–H groups in total. The highest BCUT2D eigenvalue weighted by molar-refractivity contribution is 6.30. The van der Waals surface area contributed by atoms with Crippen molar-refractivity contribution in [2.45, 2.75) is 25.7 Å². The summed E-state index contributed by atoms with van der Waals surface area (Å²) in [7, 11) is 0. The minimum atomic E-state index is -4.46. The molecular formula is C21H15ClF5N3O. The van der Waals surface area contributed by atoms with Gasteiger partial charge >= 0.3 is 6.18 Å². The summed E-state index contributed by atoms with van der Waals surface area (Å²) in [5.41, 5.74) is -0.226. The molecule has 0 saturated heterocycles. The zero-order valence-corrected chi connectivity index (χ0v) is 16.6. The van der Waals surface area contributed by atoms with Gasteiger partial charge in [-0.05, 0) is 24.3 Å². The second-order valence-corrected chi connectivity index (χ2v) is 7.60. The molecule has 1 aliphatic heterocycles. The quantitative estimate of drug-likeness (QED) is 0.449. The summed E-state index contributed by atoms with van der Waals surface area (Å²) < 4.78 is 66.4. The number of H-pyrrole nitrogens is 1. The fourth-order valence-electron chi connectivity index (χ4n) is 3.51. The molecule has 1 aromatic heterocycles. The van der Waals surface area contributed by atoms with Gasteiger partial charge in [-0.2, -0.15) is 13.2 Å². The number of rotatable bonds is 3. The Balaban J connectivity index is 1.58. The van der Waals surface area contributed by atoms with Gasteiger partial charge < -0.3 is 4.98 Å². The Labute approximate surface area is 178 Å². The van der Waals surface area contributed by atoms with Gasteiger partial charge in [0.25, 0.3) is 5.56 Å². The number of nitrogens with one attached hydrogen (secondary N) is 1. The van der Waals surface area contributed by atoms with Crippen LogP contribution in [0.5, 0.6) is 0 Å². The van der Waals surface area contributed by atoms with Crippen LogP contribution in [0.2, 0.25) is 5.02 Å². The Hall–Kier alpha value is -2.78. The van der Waals surface area contributed by atoms with Crippen molar-refractivity contribution in [1.29, 1.82) is 0 Å². The van der Waals surface area contributed by atoms with Gasteiger partial charge in [-0.3, -0.25) is 9.69 Å². The monoisotopic (exact) mass is 455 g/mol. The Bertz CT molecular complexity index is 1190. The Morgan fingerprint density at radius 3 is 2.48 bits per heavy atom. The van der Waals surface area contributed by atoms with Gasteiger partial charge in [0.2, 0.25) is 0 Å². The number of halogens is 6. The van der Waals surface area contributed by atoms with Crippen molar-refractivity contribution in [3.05, 3.63) is 85.8 Å². The first-order chi connectivity index (χ1) is 14.6. The van der Waals surface area contributed by atoms with E-state index in [-0.39, 0.29) is 29.5 Å². The van der Waals surface area contributed by atoms with Crippen LogP contribution in [0.4, 0.5) is 22.0 Å². The molecule has 0 radical (unpaired) electrons. The molecule has 0 saturated carbocycles. The van der Waals surface area contributed by atoms with Crippen molar-refractivity contribution in [3.63, 3.8) is 0 Å². The molecule has 3 aromatic rings. The van der Waals surface area contributed by atoms with Crippen LogP contribution in [0.25, 0.3) is 11.4 Å². The number of benzene rings is 2. The van der Waals surface area contributed by atoms with E-state index in [0.717, 1.165) is 24.3 Å². The van der Waals surface area contributed by atoms with Crippen LogP contribution in [0.3, 0.4) is 0 Å². The second kappa shape index (κ2) is 8.05. The Morgan fingerprint density at radius 2 is 1.81 bits per heavy atom. The number of hydrogen-bond acceptors (Lipinski definition) is 3. The first-order valence-electron chi connectivity index (χ1n) is 9.28. The van der Waals surface area contributed by atoms with E-state index in [2.05, 4.69) is 9.97 Å². The molecule has 0 aliphatic carbocycles. The molecule has 10 heteroatoms. The molecule has 0 fully saturated rings. The highest BCUT2D eigenvalue weighted by Crippen LogP contribution is 2.30. The molecule has 2 heterocycles. The third kappa shape index (κ3) is 4.33. The smallest absolute Gasteiger partial charge is 0.306 e. The molecule has 0 atom stereocenters. The van der Waals surface area contributed by atoms with Gasteiger partial charge in [-0.1, -0.05) is 23.7 Å². The van der Waals surface area contributed by atoms with Crippen LogP contribution in [0.15, 0.2) is 41.2 Å². The van der Waals surface area contributed by atoms with Gasteiger partial charge in [-0.25, -0.2) is 13.8 Å². The summed E-state index contributed by atoms with van der Waals surface area (Å²) >= 11 is 5.73. The topological polar surface area (TPSA) is 49.0 Å². The molecule has 31 heavy (non-hydrogen) atoms. The molecular weight excluding hydrogens is 441 g/mol. The summed E-state index contributed by atoms with van der Waals surface area (Å²) in [5.74, 6) is -1.40. The third-order valence-corrected chi connectivity index (χ3v) is 5.45. The van der Waals surface area contributed by atoms with Crippen LogP contribution >= 0.6 is 11.6 Å². The molecule has 0 unspecified atom stereocenters. The zero-order valence-electron chi connectivity index (χ0n) is 15.9. The van der Waals surface area contributed by atoms with Gasteiger partial charge in [0.15, 0.2) is 0 Å². The van der Waals surface area contributed by atoms with Crippen molar-refractivity contribution >= 4 is 11.6 Å². The van der Waals surface area contributed by atoms with Gasteiger partial charge in [0.1, 0.15) is 17.5 Å². The predicted molar refractivity (Wildman–Crippen MR) is 104 cm³/mol. The summed E-state index contributed by atoms with van der Waals surface area (Å²) in [4.78, 5) is 21.3. The third-order valence-electron chi connectivity index (χ3n) is 5.15. The fourth-order valence-corrected chi connectivity index (χ4v) is 3.68. The summed E-state index contributed by atoms with van der Waals surface area (Å²) in [6, 6.07) is 6.55. The van der Waals surface area contributed by atoms with Crippen LogP contribution < -0.4 is 5.56 Å². The van der Waals surface area contributed by atoms with Crippen molar-refractivity contribution in [2.75, 3.05) is 6.54 Å². The van der Waals surface area contributed by atoms with Crippen LogP contribution in [-0.2, 0) is 25.7 Å². The van der Waals surface area contributed by atoms with Crippen molar-refractivity contribution in [1.82, 2.24) is 14.9 Å². The average molecular weight is 456 g/mol. The summed E-state index contributed by atoms with van der Waals surface area (Å²) in [6.07, 6.45) is -4.11. The molecule has 0 amide bonds. The lowest BCUT2D eigenvalue weighted by Crippen LogP contribution is -2.35. The maximum atomic E-state index is 14.2. The molecule has 162 valence electrons. The van der Waals surface area contributed by atoms with Crippen molar-refractivity contribution < 1.29 is 22.0 Å². The largest absolute Gasteiger partial charge is 0.416 e. The number of aromatic amines is 1. The first kappa shape index (κ1) is 21.5. The van der Waals surface area contributed by atoms with Gasteiger partial charge in [0.05, 0.1) is 21.8 Å². The van der Waals surface area contributed by atoms with Gasteiger partial charge in [0, 0.05) is 37.2 Å². The number of aromatic nitrogens is 2. The molecule has 1 aliphatic rings. The zero-order chi connectivity index (χ0) is 22.3. The Morgan fingerprint density at radius 1 is 1.10 bits per heavy atom. The maximum absolute atomic E-state index is 14.2. The van der Waals surface area contributed by atoms with E-state index in [4.69, 9.17) is 11.6 Å². The summed E-state index contributed by atoms with van der Waals surface area (Å²) in [5, 5.41) is -0.186. The van der Waals surface area contributed by atoms with E-state index in [1.54, 1.807) is 4.90 Å². The number of fused-ring (bicyclic) bond motifs is 1. The number of hydrogen-bond donors (Lipinski definition) is 1. The van der Waals surface area contributed by atoms with Crippen LogP contribution in [0, 0.1) is 11.6 Å². The lowest BCUT2D eigenvalue weighted by Gasteiger charge is -2.28. The number of nitrogens with zero attached hydrogens (tertiary/aromatic N) is 2. The van der Waals surface area contributed by atoms with E-state index in [1.807, 2.05) is 0 Å². The molecule has 2 aromatic carbocycles. The van der Waals surface area contributed by atoms with E-state index in [1.165, 1.54) is 12.1 Å². The van der Waals surface area contributed by atoms with Crippen LogP contribution in [0.1, 0.15) is 22.4 Å². The minimum absolute atomic E-state index is 0.0717. The highest BCUT2D eigenvalue weighted by Gasteiger charge is 2.30. The summed E-state index contributed by atoms with van der Waals surface area (Å²) in [6.45, 7) is 0.440. The molecule has 4 nitrogen and oxygen atoms in total. The SMILES string of the molecule is O=c1[nH]c(-c2ccc(C(F)(F)F)cc2)nc2c1CN(Cc1c(F)ccc(Cl)c1F)CC2. The lowest BCUT2D eigenvalue weighted by molar-refractivity contribution is -0.137. The van der Waals surface area contributed by atoms with E-state index < -0.39 is 28.9 Å². The van der Waals surface area contributed by atoms with Crippen molar-refractivity contribution in [3.8, 4) is 11.4 Å². The lowest BCUT2D eigenvalue weighted by atomic mass is 10.0. The van der Waals surface area contributed by atoms with E-state index in [0.29, 0.717) is 29.8 Å². The van der Waals surface area contributed by atoms with Crippen molar-refractivity contribution in [2.24, 2.45) is 0 Å². The fraction of sp³-hybridized carbons (Fsp3) is 0.238. The number of alkyl halides is 3. The van der Waals surface area contributed by atoms with Crippen LogP contribution in [-0.4, -0.2) is 21.4 Å². The predicted octanol–water partition coefficient (Wildman–Crippen LogP) is 4.95. The highest BCUT2D eigenvalue weighted by atomic mass is 35.5. The Kier molecular flexibility index (Phi) is 5.57. The first-order valence-corrected chi connectivity index (χ1v) is 9.65. The normalized spacial score (nSPS) is 14.5. The average Bonchev–Trinajstić information content (AvgIpc) is 2.73. The van der Waals surface area contributed by atoms with E-state index in [9.17, 15) is 26.7 Å². The van der Waals surface area contributed by atoms with E-state index >= 15 is 0 Å². The molecule has 0 bridgehead atoms. The van der Waals surface area contributed by atoms with Gasteiger partial charge in [-0.15, -0.1) is 0 Å². The minimum Gasteiger partial charge on any atom is -0.306 e. The molecule has 0 spiro atoms. The molecule has 4 rings (SSSR count). The standard InChI is InChI=1S/C21H15ClF5N3O/c22-15-5-6-16(23)13(18(15)24)9-30-8-7-17-14(10-30)20(31)29-19(28-17)11-1-3-12(4-2-11)21(25,26)27/h1-6H,7-10H2,(H,28,29,31). The second-order valence-electron chi connectivity index (χ2n) is 7.20.